The van der Waals surface area contributed by atoms with E-state index in [1.54, 1.807) is 18.2 Å². The average Bonchev–Trinajstić information content (AvgIpc) is 2.33. The van der Waals surface area contributed by atoms with Crippen molar-refractivity contribution in [2.24, 2.45) is 10.7 Å². The minimum absolute atomic E-state index is 0.254. The molecule has 0 aliphatic rings. The van der Waals surface area contributed by atoms with Gasteiger partial charge in [0, 0.05) is 5.56 Å². The number of halogens is 1. The maximum absolute atomic E-state index is 13.3. The van der Waals surface area contributed by atoms with Crippen molar-refractivity contribution >= 4 is 11.5 Å². The monoisotopic (exact) mass is 214 g/mol. The van der Waals surface area contributed by atoms with Gasteiger partial charge in [-0.1, -0.05) is 42.5 Å². The van der Waals surface area contributed by atoms with Gasteiger partial charge in [-0.15, -0.1) is 0 Å². The first-order chi connectivity index (χ1) is 7.77. The number of benzene rings is 2. The van der Waals surface area contributed by atoms with Crippen LogP contribution < -0.4 is 5.73 Å². The van der Waals surface area contributed by atoms with Gasteiger partial charge in [0.05, 0.1) is 0 Å². The Hall–Kier alpha value is -2.16. The SMILES string of the molecule is NC(=Nc1ccccc1F)c1ccccc1. The molecule has 0 atom stereocenters. The summed E-state index contributed by atoms with van der Waals surface area (Å²) in [6, 6.07) is 15.6. The van der Waals surface area contributed by atoms with Crippen LogP contribution in [0, 0.1) is 5.82 Å². The highest BCUT2D eigenvalue weighted by Crippen LogP contribution is 2.17. The highest BCUT2D eigenvalue weighted by Gasteiger charge is 2.01. The molecule has 0 heterocycles. The van der Waals surface area contributed by atoms with Crippen molar-refractivity contribution in [1.82, 2.24) is 0 Å². The summed E-state index contributed by atoms with van der Waals surface area (Å²) in [5.74, 6) is -0.0629. The zero-order chi connectivity index (χ0) is 11.4. The Morgan fingerprint density at radius 2 is 1.56 bits per heavy atom. The number of rotatable bonds is 2. The van der Waals surface area contributed by atoms with Crippen molar-refractivity contribution in [3.63, 3.8) is 0 Å². The average molecular weight is 214 g/mol. The molecule has 0 spiro atoms. The minimum atomic E-state index is -0.374. The molecule has 80 valence electrons. The molecule has 2 N–H and O–H groups in total. The lowest BCUT2D eigenvalue weighted by Crippen LogP contribution is -2.12. The van der Waals surface area contributed by atoms with Gasteiger partial charge in [0.15, 0.2) is 0 Å². The molecule has 3 heteroatoms. The van der Waals surface area contributed by atoms with Crippen molar-refractivity contribution < 1.29 is 4.39 Å². The van der Waals surface area contributed by atoms with Crippen LogP contribution in [-0.4, -0.2) is 5.84 Å². The second kappa shape index (κ2) is 4.57. The van der Waals surface area contributed by atoms with Crippen molar-refractivity contribution in [2.45, 2.75) is 0 Å². The van der Waals surface area contributed by atoms with Gasteiger partial charge in [0.1, 0.15) is 17.3 Å². The molecule has 2 nitrogen and oxygen atoms in total. The van der Waals surface area contributed by atoms with Gasteiger partial charge in [0.2, 0.25) is 0 Å². The van der Waals surface area contributed by atoms with Gasteiger partial charge in [-0.2, -0.15) is 0 Å². The minimum Gasteiger partial charge on any atom is -0.383 e. The Morgan fingerprint density at radius 1 is 0.938 bits per heavy atom. The first kappa shape index (κ1) is 10.4. The fourth-order valence-corrected chi connectivity index (χ4v) is 1.35. The van der Waals surface area contributed by atoms with Gasteiger partial charge >= 0.3 is 0 Å². The van der Waals surface area contributed by atoms with Crippen LogP contribution in [-0.2, 0) is 0 Å². The van der Waals surface area contributed by atoms with Crippen molar-refractivity contribution in [3.8, 4) is 0 Å². The van der Waals surface area contributed by atoms with Crippen LogP contribution in [0.25, 0.3) is 0 Å². The molecule has 0 saturated carbocycles. The van der Waals surface area contributed by atoms with Crippen LogP contribution >= 0.6 is 0 Å². The number of amidine groups is 1. The van der Waals surface area contributed by atoms with E-state index < -0.39 is 0 Å². The van der Waals surface area contributed by atoms with Crippen LogP contribution in [0.4, 0.5) is 10.1 Å². The molecule has 0 aliphatic heterocycles. The Bertz CT molecular complexity index is 506. The summed E-state index contributed by atoms with van der Waals surface area (Å²) >= 11 is 0. The van der Waals surface area contributed by atoms with Gasteiger partial charge in [0.25, 0.3) is 0 Å². The summed E-state index contributed by atoms with van der Waals surface area (Å²) in [5.41, 5.74) is 6.82. The highest BCUT2D eigenvalue weighted by molar-refractivity contribution is 5.98. The Labute approximate surface area is 93.3 Å². The van der Waals surface area contributed by atoms with Crippen LogP contribution in [0.1, 0.15) is 5.56 Å². The zero-order valence-corrected chi connectivity index (χ0v) is 8.60. The van der Waals surface area contributed by atoms with E-state index in [1.807, 2.05) is 30.3 Å². The van der Waals surface area contributed by atoms with Gasteiger partial charge < -0.3 is 5.73 Å². The quantitative estimate of drug-likeness (QED) is 0.605. The van der Waals surface area contributed by atoms with E-state index in [1.165, 1.54) is 6.07 Å². The molecule has 2 aromatic rings. The first-order valence-electron chi connectivity index (χ1n) is 4.91. The largest absolute Gasteiger partial charge is 0.383 e. The summed E-state index contributed by atoms with van der Waals surface area (Å²) in [7, 11) is 0. The summed E-state index contributed by atoms with van der Waals surface area (Å²) in [4.78, 5) is 4.05. The molecular weight excluding hydrogens is 203 g/mol. The van der Waals surface area contributed by atoms with Gasteiger partial charge in [-0.05, 0) is 12.1 Å². The second-order valence-corrected chi connectivity index (χ2v) is 3.31. The third-order valence-corrected chi connectivity index (χ3v) is 2.16. The molecule has 0 fully saturated rings. The summed E-state index contributed by atoms with van der Waals surface area (Å²) in [6.07, 6.45) is 0. The number of hydrogen-bond acceptors (Lipinski definition) is 1. The van der Waals surface area contributed by atoms with Gasteiger partial charge in [-0.25, -0.2) is 9.38 Å². The number of nitrogens with zero attached hydrogens (tertiary/aromatic N) is 1. The molecule has 0 radical (unpaired) electrons. The predicted molar refractivity (Wildman–Crippen MR) is 63.2 cm³/mol. The van der Waals surface area contributed by atoms with Gasteiger partial charge in [-0.3, -0.25) is 0 Å². The molecule has 16 heavy (non-hydrogen) atoms. The fraction of sp³-hybridized carbons (Fsp3) is 0. The Kier molecular flexibility index (Phi) is 2.96. The molecule has 0 bridgehead atoms. The summed E-state index contributed by atoms with van der Waals surface area (Å²) < 4.78 is 13.3. The van der Waals surface area contributed by atoms with E-state index in [-0.39, 0.29) is 11.5 Å². The van der Waals surface area contributed by atoms with Crippen molar-refractivity contribution in [3.05, 3.63) is 66.0 Å². The fourth-order valence-electron chi connectivity index (χ4n) is 1.35. The normalized spacial score (nSPS) is 11.4. The van der Waals surface area contributed by atoms with E-state index >= 15 is 0 Å². The predicted octanol–water partition coefficient (Wildman–Crippen LogP) is 2.86. The molecule has 0 unspecified atom stereocenters. The lowest BCUT2D eigenvalue weighted by molar-refractivity contribution is 0.630. The molecule has 2 rings (SSSR count). The molecule has 2 aromatic carbocycles. The molecular formula is C13H11FN2. The Morgan fingerprint density at radius 3 is 2.25 bits per heavy atom. The maximum atomic E-state index is 13.3. The van der Waals surface area contributed by atoms with E-state index in [2.05, 4.69) is 4.99 Å². The molecule has 0 aliphatic carbocycles. The van der Waals surface area contributed by atoms with Crippen LogP contribution in [0.15, 0.2) is 59.6 Å². The number of aliphatic imine (C=N–C) groups is 1. The van der Waals surface area contributed by atoms with Crippen molar-refractivity contribution in [2.75, 3.05) is 0 Å². The standard InChI is InChI=1S/C13H11FN2/c14-11-8-4-5-9-12(11)16-13(15)10-6-2-1-3-7-10/h1-9H,(H2,15,16). The summed E-state index contributed by atoms with van der Waals surface area (Å²) in [5, 5.41) is 0. The summed E-state index contributed by atoms with van der Waals surface area (Å²) in [6.45, 7) is 0. The second-order valence-electron chi connectivity index (χ2n) is 3.31. The number of nitrogens with two attached hydrogens (primary N) is 1. The smallest absolute Gasteiger partial charge is 0.148 e. The molecule has 0 amide bonds. The first-order valence-corrected chi connectivity index (χ1v) is 4.91. The molecule has 0 aromatic heterocycles. The molecule has 0 saturated heterocycles. The topological polar surface area (TPSA) is 38.4 Å². The van der Waals surface area contributed by atoms with E-state index in [0.29, 0.717) is 5.84 Å². The number of para-hydroxylation sites is 1. The van der Waals surface area contributed by atoms with Crippen LogP contribution in [0.5, 0.6) is 0 Å². The van der Waals surface area contributed by atoms with Crippen LogP contribution in [0.3, 0.4) is 0 Å². The Balaban J connectivity index is 2.36. The van der Waals surface area contributed by atoms with Crippen molar-refractivity contribution in [1.29, 1.82) is 0 Å². The lowest BCUT2D eigenvalue weighted by Gasteiger charge is -2.01. The van der Waals surface area contributed by atoms with E-state index in [9.17, 15) is 4.39 Å². The third-order valence-electron chi connectivity index (χ3n) is 2.16. The van der Waals surface area contributed by atoms with E-state index in [4.69, 9.17) is 5.73 Å². The highest BCUT2D eigenvalue weighted by atomic mass is 19.1. The van der Waals surface area contributed by atoms with E-state index in [0.717, 1.165) is 5.56 Å². The lowest BCUT2D eigenvalue weighted by atomic mass is 10.2. The third kappa shape index (κ3) is 2.25. The zero-order valence-electron chi connectivity index (χ0n) is 8.60. The maximum Gasteiger partial charge on any atom is 0.148 e. The van der Waals surface area contributed by atoms with Crippen LogP contribution in [0.2, 0.25) is 0 Å². The number of hydrogen-bond donors (Lipinski definition) is 1.